The quantitative estimate of drug-likeness (QED) is 0.812. The molecule has 0 amide bonds. The van der Waals surface area contributed by atoms with E-state index in [0.717, 1.165) is 5.69 Å². The van der Waals surface area contributed by atoms with Crippen LogP contribution in [0.1, 0.15) is 0 Å². The molecule has 0 saturated carbocycles. The summed E-state index contributed by atoms with van der Waals surface area (Å²) in [6.07, 6.45) is 1.48. The second-order valence-electron chi connectivity index (χ2n) is 2.39. The van der Waals surface area contributed by atoms with Gasteiger partial charge in [0.2, 0.25) is 0 Å². The fourth-order valence-corrected chi connectivity index (χ4v) is 1.28. The van der Waals surface area contributed by atoms with Crippen molar-refractivity contribution in [3.8, 4) is 11.4 Å². The normalized spacial score (nSPS) is 10.2. The lowest BCUT2D eigenvalue weighted by molar-refractivity contribution is 0.471. The topological polar surface area (TPSA) is 63.8 Å². The molecule has 5 nitrogen and oxygen atoms in total. The number of phenols is 1. The van der Waals surface area contributed by atoms with Gasteiger partial charge >= 0.3 is 0 Å². The number of aromatic hydroxyl groups is 1. The third-order valence-electron chi connectivity index (χ3n) is 1.54. The molecule has 0 unspecified atom stereocenters. The van der Waals surface area contributed by atoms with Crippen molar-refractivity contribution in [2.75, 3.05) is 0 Å². The van der Waals surface area contributed by atoms with Gasteiger partial charge in [-0.1, -0.05) is 0 Å². The average Bonchev–Trinajstić information content (AvgIpc) is 2.62. The lowest BCUT2D eigenvalue weighted by Gasteiger charge is -2.00. The van der Waals surface area contributed by atoms with Gasteiger partial charge in [0, 0.05) is 0 Å². The number of rotatable bonds is 1. The van der Waals surface area contributed by atoms with E-state index in [2.05, 4.69) is 31.5 Å². The maximum absolute atomic E-state index is 9.23. The summed E-state index contributed by atoms with van der Waals surface area (Å²) in [7, 11) is 0. The molecule has 1 N–H and O–H groups in total. The summed E-state index contributed by atoms with van der Waals surface area (Å²) < 4.78 is 2.12. The van der Waals surface area contributed by atoms with Crippen LogP contribution >= 0.6 is 15.9 Å². The minimum Gasteiger partial charge on any atom is -0.507 e. The van der Waals surface area contributed by atoms with E-state index in [1.165, 1.54) is 11.0 Å². The van der Waals surface area contributed by atoms with Crippen LogP contribution in [0.15, 0.2) is 29.0 Å². The van der Waals surface area contributed by atoms with Crippen LogP contribution in [-0.2, 0) is 0 Å². The third kappa shape index (κ3) is 1.52. The Labute approximate surface area is 82.1 Å². The van der Waals surface area contributed by atoms with Crippen molar-refractivity contribution in [2.24, 2.45) is 0 Å². The Balaban J connectivity index is 2.49. The molecule has 6 heteroatoms. The van der Waals surface area contributed by atoms with Gasteiger partial charge in [0.05, 0.1) is 10.2 Å². The average molecular weight is 241 g/mol. The Morgan fingerprint density at radius 1 is 1.38 bits per heavy atom. The first-order valence-electron chi connectivity index (χ1n) is 3.49. The molecule has 0 atom stereocenters. The van der Waals surface area contributed by atoms with Gasteiger partial charge in [-0.05, 0) is 44.6 Å². The van der Waals surface area contributed by atoms with Crippen molar-refractivity contribution >= 4 is 15.9 Å². The van der Waals surface area contributed by atoms with Crippen LogP contribution in [0.25, 0.3) is 5.69 Å². The molecule has 1 aromatic carbocycles. The molecule has 13 heavy (non-hydrogen) atoms. The van der Waals surface area contributed by atoms with Crippen molar-refractivity contribution in [1.29, 1.82) is 0 Å². The van der Waals surface area contributed by atoms with E-state index in [0.29, 0.717) is 4.47 Å². The standard InChI is InChI=1S/C7H5BrN4O/c8-6-3-5(1-2-7(6)13)12-4-9-10-11-12/h1-4,13H. The summed E-state index contributed by atoms with van der Waals surface area (Å²) in [6, 6.07) is 5.02. The van der Waals surface area contributed by atoms with Gasteiger partial charge < -0.3 is 5.11 Å². The van der Waals surface area contributed by atoms with E-state index < -0.39 is 0 Å². The van der Waals surface area contributed by atoms with Gasteiger partial charge in [-0.3, -0.25) is 0 Å². The summed E-state index contributed by atoms with van der Waals surface area (Å²) in [5, 5.41) is 20.0. The zero-order valence-electron chi connectivity index (χ0n) is 6.42. The summed E-state index contributed by atoms with van der Waals surface area (Å²) in [6.45, 7) is 0. The van der Waals surface area contributed by atoms with Gasteiger partial charge in [-0.15, -0.1) is 5.10 Å². The number of phenolic OH excluding ortho intramolecular Hbond substituents is 1. The second kappa shape index (κ2) is 3.14. The van der Waals surface area contributed by atoms with Crippen molar-refractivity contribution < 1.29 is 5.11 Å². The molecule has 0 fully saturated rings. The first kappa shape index (κ1) is 8.18. The Morgan fingerprint density at radius 2 is 2.23 bits per heavy atom. The van der Waals surface area contributed by atoms with Gasteiger partial charge in [0.1, 0.15) is 12.1 Å². The molecule has 0 aliphatic heterocycles. The molecule has 0 bridgehead atoms. The minimum absolute atomic E-state index is 0.192. The second-order valence-corrected chi connectivity index (χ2v) is 3.24. The van der Waals surface area contributed by atoms with Crippen molar-refractivity contribution in [1.82, 2.24) is 20.2 Å². The third-order valence-corrected chi connectivity index (χ3v) is 2.18. The van der Waals surface area contributed by atoms with Crippen LogP contribution in [0, 0.1) is 0 Å². The van der Waals surface area contributed by atoms with Crippen molar-refractivity contribution in [2.45, 2.75) is 0 Å². The summed E-state index contributed by atoms with van der Waals surface area (Å²) >= 11 is 3.20. The molecule has 2 rings (SSSR count). The Kier molecular flexibility index (Phi) is 1.97. The molecule has 0 saturated heterocycles. The molecule has 66 valence electrons. The van der Waals surface area contributed by atoms with Crippen LogP contribution in [0.3, 0.4) is 0 Å². The number of nitrogens with zero attached hydrogens (tertiary/aromatic N) is 4. The number of aromatic nitrogens is 4. The van der Waals surface area contributed by atoms with E-state index in [4.69, 9.17) is 0 Å². The van der Waals surface area contributed by atoms with Crippen LogP contribution in [0.2, 0.25) is 0 Å². The van der Waals surface area contributed by atoms with Crippen LogP contribution < -0.4 is 0 Å². The van der Waals surface area contributed by atoms with Gasteiger partial charge in [0.15, 0.2) is 0 Å². The number of benzene rings is 1. The van der Waals surface area contributed by atoms with Crippen LogP contribution in [-0.4, -0.2) is 25.3 Å². The summed E-state index contributed by atoms with van der Waals surface area (Å²) in [5.41, 5.74) is 0.787. The lowest BCUT2D eigenvalue weighted by Crippen LogP contribution is -1.94. The highest BCUT2D eigenvalue weighted by molar-refractivity contribution is 9.10. The SMILES string of the molecule is Oc1ccc(-n2cnnn2)cc1Br. The molecule has 0 aliphatic rings. The van der Waals surface area contributed by atoms with Crippen LogP contribution in [0.4, 0.5) is 0 Å². The van der Waals surface area contributed by atoms with Crippen molar-refractivity contribution in [3.05, 3.63) is 29.0 Å². The van der Waals surface area contributed by atoms with Gasteiger partial charge in [-0.25, -0.2) is 4.68 Å². The Bertz CT molecular complexity index is 414. The number of tetrazole rings is 1. The zero-order valence-corrected chi connectivity index (χ0v) is 8.01. The molecule has 1 aromatic heterocycles. The highest BCUT2D eigenvalue weighted by Crippen LogP contribution is 2.25. The fraction of sp³-hybridized carbons (Fsp3) is 0. The van der Waals surface area contributed by atoms with Gasteiger partial charge in [-0.2, -0.15) is 0 Å². The smallest absolute Gasteiger partial charge is 0.143 e. The van der Waals surface area contributed by atoms with E-state index in [9.17, 15) is 5.11 Å². The highest BCUT2D eigenvalue weighted by atomic mass is 79.9. The van der Waals surface area contributed by atoms with E-state index in [1.54, 1.807) is 18.2 Å². The largest absolute Gasteiger partial charge is 0.507 e. The number of hydrogen-bond acceptors (Lipinski definition) is 4. The first-order chi connectivity index (χ1) is 6.27. The fourth-order valence-electron chi connectivity index (χ4n) is 0.918. The van der Waals surface area contributed by atoms with Crippen molar-refractivity contribution in [3.63, 3.8) is 0 Å². The lowest BCUT2D eigenvalue weighted by atomic mass is 10.3. The monoisotopic (exact) mass is 240 g/mol. The predicted octanol–water partition coefficient (Wildman–Crippen LogP) is 1.13. The molecular formula is C7H5BrN4O. The summed E-state index contributed by atoms with van der Waals surface area (Å²) in [5.74, 6) is 0.192. The Morgan fingerprint density at radius 3 is 2.85 bits per heavy atom. The van der Waals surface area contributed by atoms with Gasteiger partial charge in [0.25, 0.3) is 0 Å². The maximum Gasteiger partial charge on any atom is 0.143 e. The summed E-state index contributed by atoms with van der Waals surface area (Å²) in [4.78, 5) is 0. The Hall–Kier alpha value is -1.43. The zero-order chi connectivity index (χ0) is 9.26. The van der Waals surface area contributed by atoms with E-state index in [1.807, 2.05) is 0 Å². The minimum atomic E-state index is 0.192. The predicted molar refractivity (Wildman–Crippen MR) is 48.5 cm³/mol. The van der Waals surface area contributed by atoms with Crippen LogP contribution in [0.5, 0.6) is 5.75 Å². The molecule has 2 aromatic rings. The molecular weight excluding hydrogens is 236 g/mol. The molecule has 0 radical (unpaired) electrons. The number of hydrogen-bond donors (Lipinski definition) is 1. The maximum atomic E-state index is 9.23. The van der Waals surface area contributed by atoms with E-state index >= 15 is 0 Å². The molecule has 0 aliphatic carbocycles. The van der Waals surface area contributed by atoms with E-state index in [-0.39, 0.29) is 5.75 Å². The first-order valence-corrected chi connectivity index (χ1v) is 4.28. The number of halogens is 1. The highest BCUT2D eigenvalue weighted by Gasteiger charge is 2.01. The molecule has 1 heterocycles. The molecule has 0 spiro atoms.